The van der Waals surface area contributed by atoms with Gasteiger partial charge >= 0.3 is 12.1 Å². The molecule has 1 N–H and O–H groups in total. The van der Waals surface area contributed by atoms with Crippen LogP contribution in [0.25, 0.3) is 10.9 Å². The summed E-state index contributed by atoms with van der Waals surface area (Å²) < 4.78 is 46.9. The molecule has 1 heterocycles. The molecule has 0 aliphatic heterocycles. The number of hydrogen-bond donors (Lipinski definition) is 1. The number of aromatic nitrogens is 2. The molecule has 1 atom stereocenters. The maximum absolute atomic E-state index is 13.7. The molecule has 1 aromatic heterocycles. The molecule has 0 bridgehead atoms. The summed E-state index contributed by atoms with van der Waals surface area (Å²) in [5.74, 6) is -0.236. The minimum absolute atomic E-state index is 0.00918. The number of carbonyl (C=O) groups excluding carboxylic acids is 2. The lowest BCUT2D eigenvalue weighted by atomic mass is 9.50. The molecule has 6 rings (SSSR count). The number of alkyl halides is 3. The number of benzene rings is 3. The smallest absolute Gasteiger partial charge is 0.416 e. The fraction of sp³-hybridized carbons (Fsp3) is 0.417. The molecule has 1 spiro atoms. The summed E-state index contributed by atoms with van der Waals surface area (Å²) in [6, 6.07) is 20.6. The van der Waals surface area contributed by atoms with Crippen LogP contribution in [0.1, 0.15) is 85.3 Å². The Bertz CT molecular complexity index is 1680. The first-order valence-electron chi connectivity index (χ1n) is 15.6. The van der Waals surface area contributed by atoms with Crippen molar-refractivity contribution in [2.45, 2.75) is 77.7 Å². The minimum atomic E-state index is -4.40. The fourth-order valence-corrected chi connectivity index (χ4v) is 7.01. The predicted octanol–water partition coefficient (Wildman–Crippen LogP) is 7.89. The number of halogens is 3. The van der Waals surface area contributed by atoms with Gasteiger partial charge in [0, 0.05) is 18.0 Å². The molecule has 2 aliphatic carbocycles. The van der Waals surface area contributed by atoms with Crippen molar-refractivity contribution >= 4 is 22.8 Å². The summed E-state index contributed by atoms with van der Waals surface area (Å²) in [5, 5.41) is 8.64. The van der Waals surface area contributed by atoms with E-state index in [1.807, 2.05) is 60.1 Å². The number of nitrogens with one attached hydrogen (secondary N) is 1. The Labute approximate surface area is 261 Å². The molecule has 2 fully saturated rings. The number of fused-ring (bicyclic) bond motifs is 1. The van der Waals surface area contributed by atoms with Gasteiger partial charge in [0.15, 0.2) is 5.69 Å². The first-order valence-corrected chi connectivity index (χ1v) is 15.6. The van der Waals surface area contributed by atoms with Crippen LogP contribution in [0.4, 0.5) is 13.2 Å². The van der Waals surface area contributed by atoms with Crippen LogP contribution in [-0.2, 0) is 28.7 Å². The highest BCUT2D eigenvalue weighted by Crippen LogP contribution is 2.59. The average molecular weight is 618 g/mol. The van der Waals surface area contributed by atoms with Gasteiger partial charge in [-0.1, -0.05) is 68.4 Å². The molecule has 4 aromatic rings. The van der Waals surface area contributed by atoms with Crippen molar-refractivity contribution in [3.8, 4) is 0 Å². The molecule has 45 heavy (non-hydrogen) atoms. The van der Waals surface area contributed by atoms with E-state index < -0.39 is 11.7 Å². The Morgan fingerprint density at radius 2 is 1.64 bits per heavy atom. The molecular formula is C36H38F3N3O3. The first kappa shape index (κ1) is 30.9. The van der Waals surface area contributed by atoms with E-state index in [2.05, 4.69) is 19.2 Å². The highest BCUT2D eigenvalue weighted by molar-refractivity contribution is 6.06. The van der Waals surface area contributed by atoms with E-state index in [-0.39, 0.29) is 35.4 Å². The molecule has 2 aliphatic rings. The van der Waals surface area contributed by atoms with Gasteiger partial charge in [-0.3, -0.25) is 14.3 Å². The van der Waals surface area contributed by atoms with Crippen LogP contribution in [0.15, 0.2) is 72.8 Å². The van der Waals surface area contributed by atoms with Gasteiger partial charge in [0.1, 0.15) is 6.10 Å². The number of carbonyl (C=O) groups is 2. The van der Waals surface area contributed by atoms with Crippen LogP contribution >= 0.6 is 0 Å². The number of ether oxygens (including phenoxy) is 1. The Balaban J connectivity index is 1.12. The lowest BCUT2D eigenvalue weighted by molar-refractivity contribution is -0.167. The Kier molecular flexibility index (Phi) is 8.22. The number of nitrogens with zero attached hydrogens (tertiary/aromatic N) is 2. The zero-order valence-electron chi connectivity index (χ0n) is 25.7. The lowest BCUT2D eigenvalue weighted by Gasteiger charge is -2.57. The quantitative estimate of drug-likeness (QED) is 0.194. The van der Waals surface area contributed by atoms with E-state index in [1.165, 1.54) is 12.1 Å². The van der Waals surface area contributed by atoms with Gasteiger partial charge in [-0.15, -0.1) is 0 Å². The zero-order valence-corrected chi connectivity index (χ0v) is 25.7. The van der Waals surface area contributed by atoms with Crippen LogP contribution in [0.2, 0.25) is 0 Å². The summed E-state index contributed by atoms with van der Waals surface area (Å²) in [7, 11) is 0. The summed E-state index contributed by atoms with van der Waals surface area (Å²) in [5.41, 5.74) is 3.05. The fourth-order valence-electron chi connectivity index (χ4n) is 7.01. The summed E-state index contributed by atoms with van der Waals surface area (Å²) in [6.07, 6.45) is -1.17. The Morgan fingerprint density at radius 1 is 0.956 bits per heavy atom. The second-order valence-electron chi connectivity index (χ2n) is 13.3. The van der Waals surface area contributed by atoms with Gasteiger partial charge in [-0.25, -0.2) is 0 Å². The van der Waals surface area contributed by atoms with E-state index in [9.17, 15) is 22.8 Å². The molecule has 9 heteroatoms. The first-order chi connectivity index (χ1) is 21.4. The third kappa shape index (κ3) is 6.49. The monoisotopic (exact) mass is 617 g/mol. The zero-order chi connectivity index (χ0) is 31.9. The summed E-state index contributed by atoms with van der Waals surface area (Å²) >= 11 is 0. The number of amides is 1. The average Bonchev–Trinajstić information content (AvgIpc) is 3.32. The molecule has 2 saturated carbocycles. The van der Waals surface area contributed by atoms with Crippen LogP contribution in [0, 0.1) is 17.3 Å². The number of esters is 1. The van der Waals surface area contributed by atoms with Gasteiger partial charge < -0.3 is 10.1 Å². The molecule has 236 valence electrons. The SMILES string of the molecule is CC(C)Cn1nc(C(=O)NC2CC3(C2)CC(C(=O)OC(C)c2ccccc2)C3)c2c(Cc3ccc(C(F)(F)F)cc3)cccc21. The Morgan fingerprint density at radius 3 is 2.29 bits per heavy atom. The van der Waals surface area contributed by atoms with Gasteiger partial charge in [-0.05, 0) is 85.3 Å². The topological polar surface area (TPSA) is 73.2 Å². The van der Waals surface area contributed by atoms with Crippen molar-refractivity contribution < 1.29 is 27.5 Å². The van der Waals surface area contributed by atoms with Gasteiger partial charge in [0.2, 0.25) is 0 Å². The van der Waals surface area contributed by atoms with Crippen molar-refractivity contribution in [2.75, 3.05) is 0 Å². The van der Waals surface area contributed by atoms with Gasteiger partial charge in [-0.2, -0.15) is 18.3 Å². The molecule has 3 aromatic carbocycles. The van der Waals surface area contributed by atoms with Gasteiger partial charge in [0.25, 0.3) is 5.91 Å². The molecule has 0 radical (unpaired) electrons. The standard InChI is InChI=1S/C36H38F3N3O3/c1-22(2)21-42-30-11-7-10-26(16-24-12-14-28(15-13-24)36(37,38)39)31(30)32(41-42)33(43)40-29-19-35(20-29)17-27(18-35)34(44)45-23(3)25-8-5-4-6-9-25/h4-15,22-23,27,29H,16-21H2,1-3H3,(H,40,43). The third-order valence-electron chi connectivity index (χ3n) is 9.24. The molecule has 1 amide bonds. The van der Waals surface area contributed by atoms with E-state index in [0.717, 1.165) is 65.4 Å². The summed E-state index contributed by atoms with van der Waals surface area (Å²) in [4.78, 5) is 26.4. The van der Waals surface area contributed by atoms with E-state index in [4.69, 9.17) is 9.84 Å². The van der Waals surface area contributed by atoms with Crippen molar-refractivity contribution in [1.82, 2.24) is 15.1 Å². The van der Waals surface area contributed by atoms with Crippen molar-refractivity contribution in [1.29, 1.82) is 0 Å². The summed E-state index contributed by atoms with van der Waals surface area (Å²) in [6.45, 7) is 6.67. The normalized spacial score (nSPS) is 21.8. The van der Waals surface area contributed by atoms with Crippen molar-refractivity contribution in [2.24, 2.45) is 17.3 Å². The molecule has 6 nitrogen and oxygen atoms in total. The van der Waals surface area contributed by atoms with E-state index in [1.54, 1.807) is 0 Å². The highest BCUT2D eigenvalue weighted by Gasteiger charge is 2.55. The van der Waals surface area contributed by atoms with E-state index in [0.29, 0.717) is 24.6 Å². The lowest BCUT2D eigenvalue weighted by Crippen LogP contribution is -2.57. The molecular weight excluding hydrogens is 579 g/mol. The molecule has 0 saturated heterocycles. The second kappa shape index (κ2) is 12.0. The van der Waals surface area contributed by atoms with E-state index >= 15 is 0 Å². The minimum Gasteiger partial charge on any atom is -0.458 e. The van der Waals surface area contributed by atoms with Crippen molar-refractivity contribution in [3.63, 3.8) is 0 Å². The van der Waals surface area contributed by atoms with Crippen LogP contribution in [0.5, 0.6) is 0 Å². The second-order valence-corrected chi connectivity index (χ2v) is 13.3. The number of hydrogen-bond acceptors (Lipinski definition) is 4. The Hall–Kier alpha value is -4.14. The largest absolute Gasteiger partial charge is 0.458 e. The van der Waals surface area contributed by atoms with Gasteiger partial charge in [0.05, 0.1) is 17.0 Å². The highest BCUT2D eigenvalue weighted by atomic mass is 19.4. The van der Waals surface area contributed by atoms with Crippen LogP contribution in [0.3, 0.4) is 0 Å². The predicted molar refractivity (Wildman–Crippen MR) is 165 cm³/mol. The van der Waals surface area contributed by atoms with Crippen LogP contribution in [-0.4, -0.2) is 27.7 Å². The maximum Gasteiger partial charge on any atom is 0.416 e. The number of rotatable bonds is 9. The maximum atomic E-state index is 13.7. The van der Waals surface area contributed by atoms with Crippen molar-refractivity contribution in [3.05, 3.63) is 101 Å². The third-order valence-corrected chi connectivity index (χ3v) is 9.24. The van der Waals surface area contributed by atoms with Crippen LogP contribution < -0.4 is 5.32 Å². The molecule has 1 unspecified atom stereocenters.